The van der Waals surface area contributed by atoms with Gasteiger partial charge in [0.25, 0.3) is 0 Å². The van der Waals surface area contributed by atoms with Gasteiger partial charge >= 0.3 is 5.97 Å². The lowest BCUT2D eigenvalue weighted by Gasteiger charge is -2.21. The highest BCUT2D eigenvalue weighted by molar-refractivity contribution is 5.84. The van der Waals surface area contributed by atoms with Crippen LogP contribution in [0.5, 0.6) is 0 Å². The molecule has 1 fully saturated rings. The third-order valence-electron chi connectivity index (χ3n) is 3.27. The molecule has 1 aliphatic rings. The van der Waals surface area contributed by atoms with E-state index in [0.717, 1.165) is 19.4 Å². The highest BCUT2D eigenvalue weighted by Crippen LogP contribution is 2.11. The molecule has 5 nitrogen and oxygen atoms in total. The molecule has 5 heteroatoms. The molecule has 20 heavy (non-hydrogen) atoms. The third-order valence-corrected chi connectivity index (χ3v) is 3.27. The minimum atomic E-state index is -0.536. The lowest BCUT2D eigenvalue weighted by Crippen LogP contribution is -2.45. The number of ether oxygens (including phenoxy) is 1. The van der Waals surface area contributed by atoms with Crippen LogP contribution in [0, 0.1) is 5.92 Å². The van der Waals surface area contributed by atoms with E-state index >= 15 is 0 Å². The second-order valence-corrected chi connectivity index (χ2v) is 6.23. The van der Waals surface area contributed by atoms with Crippen molar-refractivity contribution in [3.05, 3.63) is 0 Å². The number of hydrogen-bond acceptors (Lipinski definition) is 4. The fraction of sp³-hybridized carbons (Fsp3) is 0.867. The van der Waals surface area contributed by atoms with Gasteiger partial charge in [0.2, 0.25) is 5.91 Å². The monoisotopic (exact) mass is 284 g/mol. The third kappa shape index (κ3) is 6.37. The molecule has 0 aromatic rings. The van der Waals surface area contributed by atoms with E-state index < -0.39 is 6.04 Å². The summed E-state index contributed by atoms with van der Waals surface area (Å²) in [5, 5.41) is 6.11. The predicted octanol–water partition coefficient (Wildman–Crippen LogP) is 1.61. The molecule has 1 saturated heterocycles. The van der Waals surface area contributed by atoms with Crippen LogP contribution in [0.3, 0.4) is 0 Å². The first-order valence-electron chi connectivity index (χ1n) is 7.61. The highest BCUT2D eigenvalue weighted by Gasteiger charge is 2.26. The number of carbonyl (C=O) groups is 2. The van der Waals surface area contributed by atoms with Gasteiger partial charge in [-0.15, -0.1) is 0 Å². The minimum Gasteiger partial charge on any atom is -0.461 e. The summed E-state index contributed by atoms with van der Waals surface area (Å²) in [6.07, 6.45) is 3.02. The Morgan fingerprint density at radius 3 is 2.50 bits per heavy atom. The van der Waals surface area contributed by atoms with E-state index in [0.29, 0.717) is 18.8 Å². The molecule has 1 unspecified atom stereocenters. The molecule has 1 aliphatic heterocycles. The average molecular weight is 284 g/mol. The van der Waals surface area contributed by atoms with E-state index in [2.05, 4.69) is 10.6 Å². The Labute approximate surface area is 121 Å². The van der Waals surface area contributed by atoms with Gasteiger partial charge in [0, 0.05) is 12.5 Å². The average Bonchev–Trinajstić information content (AvgIpc) is 2.79. The summed E-state index contributed by atoms with van der Waals surface area (Å²) < 4.78 is 5.21. The zero-order valence-electron chi connectivity index (χ0n) is 13.1. The van der Waals surface area contributed by atoms with E-state index in [-0.39, 0.29) is 24.0 Å². The quantitative estimate of drug-likeness (QED) is 0.697. The fourth-order valence-corrected chi connectivity index (χ4v) is 2.41. The smallest absolute Gasteiger partial charge is 0.328 e. The van der Waals surface area contributed by atoms with E-state index in [9.17, 15) is 9.59 Å². The minimum absolute atomic E-state index is 0.0734. The van der Waals surface area contributed by atoms with Crippen LogP contribution in [0.4, 0.5) is 0 Å². The Hall–Kier alpha value is -1.10. The topological polar surface area (TPSA) is 67.4 Å². The van der Waals surface area contributed by atoms with Crippen molar-refractivity contribution in [2.24, 2.45) is 5.92 Å². The summed E-state index contributed by atoms with van der Waals surface area (Å²) in [4.78, 5) is 24.0. The Morgan fingerprint density at radius 2 is 2.00 bits per heavy atom. The van der Waals surface area contributed by atoms with Crippen LogP contribution in [0.15, 0.2) is 0 Å². The standard InChI is InChI=1S/C15H28N2O3/c1-10(2)8-13(15(19)20-11(3)4)17-14(18)9-12-6-5-7-16-12/h10-13,16H,5-9H2,1-4H3,(H,17,18)/t12?,13-/m0/s1. The molecular weight excluding hydrogens is 256 g/mol. The maximum Gasteiger partial charge on any atom is 0.328 e. The van der Waals surface area contributed by atoms with Gasteiger partial charge < -0.3 is 15.4 Å². The Bertz CT molecular complexity index is 323. The van der Waals surface area contributed by atoms with Crippen molar-refractivity contribution in [2.75, 3.05) is 6.54 Å². The molecule has 0 aromatic heterocycles. The first kappa shape index (κ1) is 17.0. The molecule has 0 radical (unpaired) electrons. The Morgan fingerprint density at radius 1 is 1.30 bits per heavy atom. The fourth-order valence-electron chi connectivity index (χ4n) is 2.41. The van der Waals surface area contributed by atoms with Crippen LogP contribution in [0.2, 0.25) is 0 Å². The van der Waals surface area contributed by atoms with Gasteiger partial charge in [0.1, 0.15) is 6.04 Å². The van der Waals surface area contributed by atoms with E-state index in [1.165, 1.54) is 0 Å². The molecule has 1 heterocycles. The summed E-state index contributed by atoms with van der Waals surface area (Å²) >= 11 is 0. The van der Waals surface area contributed by atoms with Crippen LogP contribution in [-0.2, 0) is 14.3 Å². The molecule has 0 aromatic carbocycles. The molecule has 116 valence electrons. The predicted molar refractivity (Wildman–Crippen MR) is 78.3 cm³/mol. The van der Waals surface area contributed by atoms with Crippen molar-refractivity contribution in [3.63, 3.8) is 0 Å². The first-order chi connectivity index (χ1) is 9.38. The lowest BCUT2D eigenvalue weighted by molar-refractivity contribution is -0.152. The summed E-state index contributed by atoms with van der Waals surface area (Å²) in [6, 6.07) is -0.290. The number of amides is 1. The second kappa shape index (κ2) is 8.25. The number of hydrogen-bond donors (Lipinski definition) is 2. The molecule has 2 N–H and O–H groups in total. The van der Waals surface area contributed by atoms with Gasteiger partial charge in [0.15, 0.2) is 0 Å². The van der Waals surface area contributed by atoms with Gasteiger partial charge in [-0.1, -0.05) is 13.8 Å². The molecule has 2 atom stereocenters. The molecule has 0 bridgehead atoms. The zero-order chi connectivity index (χ0) is 15.1. The van der Waals surface area contributed by atoms with Crippen LogP contribution < -0.4 is 10.6 Å². The number of rotatable bonds is 7. The van der Waals surface area contributed by atoms with Gasteiger partial charge in [0.05, 0.1) is 6.10 Å². The summed E-state index contributed by atoms with van der Waals surface area (Å²) in [7, 11) is 0. The molecule has 0 saturated carbocycles. The summed E-state index contributed by atoms with van der Waals surface area (Å²) in [6.45, 7) is 8.66. The molecule has 1 rings (SSSR count). The van der Waals surface area contributed by atoms with Crippen molar-refractivity contribution in [1.29, 1.82) is 0 Å². The van der Waals surface area contributed by atoms with Gasteiger partial charge in [-0.2, -0.15) is 0 Å². The van der Waals surface area contributed by atoms with Crippen LogP contribution in [0.1, 0.15) is 53.4 Å². The number of carbonyl (C=O) groups excluding carboxylic acids is 2. The van der Waals surface area contributed by atoms with Gasteiger partial charge in [-0.25, -0.2) is 4.79 Å². The van der Waals surface area contributed by atoms with Crippen LogP contribution >= 0.6 is 0 Å². The maximum atomic E-state index is 12.0. The molecular formula is C15H28N2O3. The first-order valence-corrected chi connectivity index (χ1v) is 7.61. The van der Waals surface area contributed by atoms with Crippen molar-refractivity contribution in [1.82, 2.24) is 10.6 Å². The van der Waals surface area contributed by atoms with E-state index in [4.69, 9.17) is 4.74 Å². The summed E-state index contributed by atoms with van der Waals surface area (Å²) in [5.74, 6) is -0.0817. The largest absolute Gasteiger partial charge is 0.461 e. The Balaban J connectivity index is 2.49. The highest BCUT2D eigenvalue weighted by atomic mass is 16.5. The molecule has 1 amide bonds. The van der Waals surface area contributed by atoms with Gasteiger partial charge in [-0.05, 0) is 45.6 Å². The SMILES string of the molecule is CC(C)C[C@H](NC(=O)CC1CCCN1)C(=O)OC(C)C. The lowest BCUT2D eigenvalue weighted by atomic mass is 10.0. The van der Waals surface area contributed by atoms with Crippen LogP contribution in [0.25, 0.3) is 0 Å². The molecule has 0 spiro atoms. The van der Waals surface area contributed by atoms with Crippen LogP contribution in [-0.4, -0.2) is 36.6 Å². The number of nitrogens with one attached hydrogen (secondary N) is 2. The van der Waals surface area contributed by atoms with Crippen molar-refractivity contribution < 1.29 is 14.3 Å². The number of esters is 1. The summed E-state index contributed by atoms with van der Waals surface area (Å²) in [5.41, 5.74) is 0. The van der Waals surface area contributed by atoms with Crippen molar-refractivity contribution in [3.8, 4) is 0 Å². The van der Waals surface area contributed by atoms with Crippen molar-refractivity contribution in [2.45, 2.75) is 71.6 Å². The zero-order valence-corrected chi connectivity index (χ0v) is 13.1. The van der Waals surface area contributed by atoms with Gasteiger partial charge in [-0.3, -0.25) is 4.79 Å². The molecule has 0 aliphatic carbocycles. The Kier molecular flexibility index (Phi) is 6.99. The van der Waals surface area contributed by atoms with E-state index in [1.54, 1.807) is 0 Å². The van der Waals surface area contributed by atoms with E-state index in [1.807, 2.05) is 27.7 Å². The maximum absolute atomic E-state index is 12.0. The normalized spacial score (nSPS) is 20.2. The van der Waals surface area contributed by atoms with Crippen molar-refractivity contribution >= 4 is 11.9 Å². The second-order valence-electron chi connectivity index (χ2n) is 6.23.